The molecule has 1 heterocycles. The first-order chi connectivity index (χ1) is 5.74. The second-order valence-corrected chi connectivity index (χ2v) is 2.63. The highest BCUT2D eigenvalue weighted by Crippen LogP contribution is 1.98. The van der Waals surface area contributed by atoms with Crippen molar-refractivity contribution in [3.63, 3.8) is 0 Å². The summed E-state index contributed by atoms with van der Waals surface area (Å²) < 4.78 is 5.39. The number of carbonyl (C=O) groups excluding carboxylic acids is 1. The van der Waals surface area contributed by atoms with Crippen molar-refractivity contribution in [2.24, 2.45) is 0 Å². The molecule has 0 fully saturated rings. The van der Waals surface area contributed by atoms with Gasteiger partial charge in [-0.25, -0.2) is 4.79 Å². The summed E-state index contributed by atoms with van der Waals surface area (Å²) in [6, 6.07) is 3.28. The Morgan fingerprint density at radius 3 is 3.08 bits per heavy atom. The van der Waals surface area contributed by atoms with Crippen molar-refractivity contribution in [3.8, 4) is 0 Å². The molecule has 3 nitrogen and oxygen atoms in total. The van der Waals surface area contributed by atoms with Crippen molar-refractivity contribution in [2.75, 3.05) is 6.61 Å². The van der Waals surface area contributed by atoms with E-state index in [9.17, 15) is 4.79 Å². The molecule has 1 N–H and O–H groups in total. The minimum Gasteiger partial charge on any atom is -0.461 e. The highest BCUT2D eigenvalue weighted by atomic mass is 32.1. The van der Waals surface area contributed by atoms with Gasteiger partial charge in [-0.3, -0.25) is 0 Å². The lowest BCUT2D eigenvalue weighted by atomic mass is 10.3. The smallest absolute Gasteiger partial charge is 0.354 e. The van der Waals surface area contributed by atoms with Crippen LogP contribution in [0.2, 0.25) is 0 Å². The van der Waals surface area contributed by atoms with Gasteiger partial charge in [-0.1, -0.05) is 12.2 Å². The van der Waals surface area contributed by atoms with Crippen LogP contribution in [0.4, 0.5) is 0 Å². The van der Waals surface area contributed by atoms with Crippen molar-refractivity contribution in [2.45, 2.75) is 6.92 Å². The molecule has 0 saturated heterocycles. The molecule has 12 heavy (non-hydrogen) atoms. The molecule has 64 valence electrons. The average molecular weight is 183 g/mol. The number of esters is 1. The quantitative estimate of drug-likeness (QED) is 0.562. The second kappa shape index (κ2) is 4.01. The number of ether oxygens (including phenoxy) is 1. The first-order valence-electron chi connectivity index (χ1n) is 3.60. The van der Waals surface area contributed by atoms with E-state index in [0.29, 0.717) is 16.8 Å². The molecule has 0 aliphatic rings. The van der Waals surface area contributed by atoms with Gasteiger partial charge in [0.1, 0.15) is 5.69 Å². The Bertz CT molecular complexity index is 332. The van der Waals surface area contributed by atoms with Gasteiger partial charge in [0.25, 0.3) is 0 Å². The van der Waals surface area contributed by atoms with Crippen molar-refractivity contribution < 1.29 is 9.53 Å². The zero-order chi connectivity index (χ0) is 8.97. The Balaban J connectivity index is 2.88. The molecular formula is C8H9NO2S. The number of aromatic nitrogens is 1. The van der Waals surface area contributed by atoms with Gasteiger partial charge in [-0.2, -0.15) is 0 Å². The van der Waals surface area contributed by atoms with E-state index in [0.717, 1.165) is 0 Å². The van der Waals surface area contributed by atoms with E-state index in [2.05, 4.69) is 4.98 Å². The zero-order valence-corrected chi connectivity index (χ0v) is 7.48. The minimum absolute atomic E-state index is 0.369. The Hall–Kier alpha value is -1.16. The van der Waals surface area contributed by atoms with E-state index in [1.54, 1.807) is 25.3 Å². The summed E-state index contributed by atoms with van der Waals surface area (Å²) >= 11 is 4.88. The Morgan fingerprint density at radius 1 is 1.75 bits per heavy atom. The minimum atomic E-state index is -0.371. The van der Waals surface area contributed by atoms with Gasteiger partial charge >= 0.3 is 5.97 Å². The number of nitrogens with one attached hydrogen (secondary N) is 1. The molecule has 0 aliphatic carbocycles. The lowest BCUT2D eigenvalue weighted by Gasteiger charge is -1.99. The van der Waals surface area contributed by atoms with Crippen LogP contribution in [0.25, 0.3) is 0 Å². The van der Waals surface area contributed by atoms with Gasteiger partial charge in [0.05, 0.1) is 6.61 Å². The van der Waals surface area contributed by atoms with Crippen molar-refractivity contribution >= 4 is 18.2 Å². The number of rotatable bonds is 2. The Labute approximate surface area is 75.4 Å². The fraction of sp³-hybridized carbons (Fsp3) is 0.250. The van der Waals surface area contributed by atoms with Crippen LogP contribution >= 0.6 is 12.2 Å². The molecule has 0 radical (unpaired) electrons. The summed E-state index contributed by atoms with van der Waals surface area (Å²) in [4.78, 5) is 13.8. The highest BCUT2D eigenvalue weighted by Gasteiger charge is 2.04. The summed E-state index contributed by atoms with van der Waals surface area (Å²) in [6.07, 6.45) is 1.62. The molecule has 0 unspecified atom stereocenters. The van der Waals surface area contributed by atoms with Crippen LogP contribution in [-0.2, 0) is 4.74 Å². The SMILES string of the molecule is CCOC(=O)c1cc(=S)cc[nH]1. The van der Waals surface area contributed by atoms with Gasteiger partial charge in [0, 0.05) is 10.7 Å². The van der Waals surface area contributed by atoms with Crippen LogP contribution in [-0.4, -0.2) is 17.6 Å². The monoisotopic (exact) mass is 183 g/mol. The van der Waals surface area contributed by atoms with Crippen molar-refractivity contribution in [1.29, 1.82) is 0 Å². The van der Waals surface area contributed by atoms with Crippen molar-refractivity contribution in [1.82, 2.24) is 4.98 Å². The Kier molecular flexibility index (Phi) is 2.99. The summed E-state index contributed by atoms with van der Waals surface area (Å²) in [5, 5.41) is 0. The van der Waals surface area contributed by atoms with E-state index < -0.39 is 0 Å². The summed E-state index contributed by atoms with van der Waals surface area (Å²) in [5.41, 5.74) is 0.393. The molecule has 0 bridgehead atoms. The van der Waals surface area contributed by atoms with E-state index in [-0.39, 0.29) is 5.97 Å². The van der Waals surface area contributed by atoms with Gasteiger partial charge in [0.15, 0.2) is 0 Å². The largest absolute Gasteiger partial charge is 0.461 e. The molecule has 0 aliphatic heterocycles. The third-order valence-electron chi connectivity index (χ3n) is 1.27. The molecule has 1 rings (SSSR count). The van der Waals surface area contributed by atoms with Crippen LogP contribution in [0.15, 0.2) is 18.3 Å². The fourth-order valence-electron chi connectivity index (χ4n) is 0.772. The normalized spacial score (nSPS) is 9.42. The third-order valence-corrected chi connectivity index (χ3v) is 1.52. The maximum Gasteiger partial charge on any atom is 0.354 e. The maximum atomic E-state index is 11.1. The summed E-state index contributed by atoms with van der Waals surface area (Å²) in [6.45, 7) is 2.13. The molecule has 0 spiro atoms. The van der Waals surface area contributed by atoms with Gasteiger partial charge in [-0.05, 0) is 19.1 Å². The number of hydrogen-bond acceptors (Lipinski definition) is 3. The lowest BCUT2D eigenvalue weighted by molar-refractivity contribution is 0.0519. The number of pyridine rings is 1. The van der Waals surface area contributed by atoms with E-state index in [4.69, 9.17) is 17.0 Å². The summed E-state index contributed by atoms with van der Waals surface area (Å²) in [5.74, 6) is -0.371. The second-order valence-electron chi connectivity index (χ2n) is 2.16. The van der Waals surface area contributed by atoms with Crippen LogP contribution < -0.4 is 0 Å². The number of H-pyrrole nitrogens is 1. The number of aromatic amines is 1. The fourth-order valence-corrected chi connectivity index (χ4v) is 0.958. The van der Waals surface area contributed by atoms with Gasteiger partial charge < -0.3 is 9.72 Å². The highest BCUT2D eigenvalue weighted by molar-refractivity contribution is 7.71. The zero-order valence-electron chi connectivity index (χ0n) is 6.66. The van der Waals surface area contributed by atoms with Crippen molar-refractivity contribution in [3.05, 3.63) is 28.5 Å². The molecular weight excluding hydrogens is 174 g/mol. The maximum absolute atomic E-state index is 11.1. The number of hydrogen-bond donors (Lipinski definition) is 1. The van der Waals surface area contributed by atoms with Gasteiger partial charge in [-0.15, -0.1) is 0 Å². The molecule has 1 aromatic rings. The average Bonchev–Trinajstić information content (AvgIpc) is 2.05. The molecule has 0 aromatic carbocycles. The van der Waals surface area contributed by atoms with E-state index >= 15 is 0 Å². The predicted octanol–water partition coefficient (Wildman–Crippen LogP) is 1.92. The third kappa shape index (κ3) is 2.17. The molecule has 1 aromatic heterocycles. The predicted molar refractivity (Wildman–Crippen MR) is 47.6 cm³/mol. The van der Waals surface area contributed by atoms with E-state index in [1.807, 2.05) is 0 Å². The number of carbonyl (C=O) groups is 1. The first kappa shape index (κ1) is 8.93. The standard InChI is InChI=1S/C8H9NO2S/c1-2-11-8(10)7-5-6(12)3-4-9-7/h3-5H,2H2,1H3,(H,9,12). The van der Waals surface area contributed by atoms with Crippen LogP contribution in [0.3, 0.4) is 0 Å². The Morgan fingerprint density at radius 2 is 2.50 bits per heavy atom. The molecule has 0 atom stereocenters. The van der Waals surface area contributed by atoms with Crippen LogP contribution in [0.5, 0.6) is 0 Å². The molecule has 0 saturated carbocycles. The lowest BCUT2D eigenvalue weighted by Crippen LogP contribution is -2.06. The molecule has 4 heteroatoms. The van der Waals surface area contributed by atoms with Crippen LogP contribution in [0, 0.1) is 4.51 Å². The summed E-state index contributed by atoms with van der Waals surface area (Å²) in [7, 11) is 0. The first-order valence-corrected chi connectivity index (χ1v) is 4.00. The van der Waals surface area contributed by atoms with Crippen LogP contribution in [0.1, 0.15) is 17.4 Å². The van der Waals surface area contributed by atoms with Gasteiger partial charge in [0.2, 0.25) is 0 Å². The topological polar surface area (TPSA) is 42.1 Å². The van der Waals surface area contributed by atoms with E-state index in [1.165, 1.54) is 0 Å². The molecule has 0 amide bonds.